The molecule has 0 spiro atoms. The molecule has 6 heteroatoms. The minimum absolute atomic E-state index is 0.0513. The summed E-state index contributed by atoms with van der Waals surface area (Å²) < 4.78 is 7.24. The van der Waals surface area contributed by atoms with E-state index in [-0.39, 0.29) is 6.03 Å². The molecule has 1 aliphatic heterocycles. The second-order valence-electron chi connectivity index (χ2n) is 6.91. The average molecular weight is 407 g/mol. The van der Waals surface area contributed by atoms with Crippen LogP contribution in [0.2, 0.25) is 0 Å². The van der Waals surface area contributed by atoms with Gasteiger partial charge in [-0.15, -0.1) is 0 Å². The fraction of sp³-hybridized carbons (Fsp3) is 0.333. The molecule has 0 unspecified atom stereocenters. The molecule has 158 valence electrons. The van der Waals surface area contributed by atoms with Gasteiger partial charge >= 0.3 is 6.03 Å². The minimum atomic E-state index is -0.0513. The lowest BCUT2D eigenvalue weighted by Gasteiger charge is -2.34. The van der Waals surface area contributed by atoms with Gasteiger partial charge in [0.15, 0.2) is 0 Å². The molecule has 4 rings (SSSR count). The second kappa shape index (κ2) is 11.2. The normalized spacial score (nSPS) is 14.0. The van der Waals surface area contributed by atoms with Crippen molar-refractivity contribution in [1.82, 2.24) is 19.6 Å². The first-order chi connectivity index (χ1) is 14.8. The summed E-state index contributed by atoms with van der Waals surface area (Å²) in [7, 11) is 0. The highest BCUT2D eigenvalue weighted by Crippen LogP contribution is 2.16. The molecular formula is C24H30N4O2. The molecule has 0 radical (unpaired) electrons. The van der Waals surface area contributed by atoms with Crippen molar-refractivity contribution in [3.63, 3.8) is 0 Å². The number of rotatable bonds is 5. The van der Waals surface area contributed by atoms with Crippen LogP contribution in [0.3, 0.4) is 0 Å². The molecule has 1 aliphatic rings. The topological polar surface area (TPSA) is 50.6 Å². The van der Waals surface area contributed by atoms with Gasteiger partial charge in [0.1, 0.15) is 12.4 Å². The molecule has 2 aromatic carbocycles. The summed E-state index contributed by atoms with van der Waals surface area (Å²) in [5.74, 6) is 0.877. The lowest BCUT2D eigenvalue weighted by atomic mass is 10.2. The average Bonchev–Trinajstić information content (AvgIpc) is 3.36. The van der Waals surface area contributed by atoms with Gasteiger partial charge in [-0.3, -0.25) is 4.90 Å². The molecule has 0 aliphatic carbocycles. The van der Waals surface area contributed by atoms with Crippen LogP contribution in [0.5, 0.6) is 5.75 Å². The van der Waals surface area contributed by atoms with Gasteiger partial charge in [-0.25, -0.2) is 4.79 Å². The predicted octanol–water partition coefficient (Wildman–Crippen LogP) is 4.27. The number of hydrogen-bond donors (Lipinski definition) is 0. The van der Waals surface area contributed by atoms with Crippen LogP contribution in [-0.2, 0) is 13.2 Å². The number of piperazine rings is 1. The SMILES string of the molecule is CC.O=C(N1CCN(Cc2ccc(OCc3ccccc3)cc2)CC1)n1cccn1. The third-order valence-electron chi connectivity index (χ3n) is 4.92. The fourth-order valence-corrected chi connectivity index (χ4v) is 3.31. The van der Waals surface area contributed by atoms with E-state index < -0.39 is 0 Å². The van der Waals surface area contributed by atoms with Gasteiger partial charge in [0.25, 0.3) is 0 Å². The van der Waals surface area contributed by atoms with Crippen molar-refractivity contribution in [2.75, 3.05) is 26.2 Å². The van der Waals surface area contributed by atoms with Crippen LogP contribution in [0.15, 0.2) is 73.1 Å². The molecule has 1 saturated heterocycles. The molecule has 30 heavy (non-hydrogen) atoms. The molecule has 3 aromatic rings. The Labute approximate surface area is 178 Å². The summed E-state index contributed by atoms with van der Waals surface area (Å²) in [5.41, 5.74) is 2.41. The Morgan fingerprint density at radius 3 is 2.23 bits per heavy atom. The second-order valence-corrected chi connectivity index (χ2v) is 6.91. The Balaban J connectivity index is 0.00000124. The van der Waals surface area contributed by atoms with Crippen LogP contribution >= 0.6 is 0 Å². The van der Waals surface area contributed by atoms with Crippen molar-refractivity contribution in [2.45, 2.75) is 27.0 Å². The summed E-state index contributed by atoms with van der Waals surface area (Å²) in [4.78, 5) is 16.5. The lowest BCUT2D eigenvalue weighted by Crippen LogP contribution is -2.49. The fourth-order valence-electron chi connectivity index (χ4n) is 3.31. The van der Waals surface area contributed by atoms with E-state index in [4.69, 9.17) is 4.74 Å². The first kappa shape index (κ1) is 21.6. The summed E-state index contributed by atoms with van der Waals surface area (Å²) in [6, 6.07) is 20.1. The monoisotopic (exact) mass is 406 g/mol. The quantitative estimate of drug-likeness (QED) is 0.635. The van der Waals surface area contributed by atoms with Crippen molar-refractivity contribution < 1.29 is 9.53 Å². The highest BCUT2D eigenvalue weighted by Gasteiger charge is 2.22. The van der Waals surface area contributed by atoms with Crippen LogP contribution in [0.25, 0.3) is 0 Å². The largest absolute Gasteiger partial charge is 0.489 e. The van der Waals surface area contributed by atoms with E-state index in [0.29, 0.717) is 6.61 Å². The zero-order chi connectivity index (χ0) is 21.2. The molecule has 6 nitrogen and oxygen atoms in total. The van der Waals surface area contributed by atoms with Crippen LogP contribution < -0.4 is 4.74 Å². The molecule has 0 N–H and O–H groups in total. The smallest absolute Gasteiger partial charge is 0.344 e. The summed E-state index contributed by atoms with van der Waals surface area (Å²) >= 11 is 0. The van der Waals surface area contributed by atoms with Crippen molar-refractivity contribution in [3.05, 3.63) is 84.2 Å². The van der Waals surface area contributed by atoms with Gasteiger partial charge in [-0.05, 0) is 29.3 Å². The molecular weight excluding hydrogens is 376 g/mol. The summed E-state index contributed by atoms with van der Waals surface area (Å²) in [5, 5.41) is 4.02. The zero-order valence-electron chi connectivity index (χ0n) is 17.8. The van der Waals surface area contributed by atoms with Crippen molar-refractivity contribution >= 4 is 6.03 Å². The van der Waals surface area contributed by atoms with Gasteiger partial charge in [-0.2, -0.15) is 9.78 Å². The van der Waals surface area contributed by atoms with Gasteiger partial charge in [0.05, 0.1) is 0 Å². The number of hydrogen-bond acceptors (Lipinski definition) is 4. The summed E-state index contributed by atoms with van der Waals surface area (Å²) in [6.07, 6.45) is 3.32. The number of carbonyl (C=O) groups excluding carboxylic acids is 1. The van der Waals surface area contributed by atoms with E-state index in [9.17, 15) is 4.79 Å². The molecule has 1 amide bonds. The van der Waals surface area contributed by atoms with Gasteiger partial charge < -0.3 is 9.64 Å². The van der Waals surface area contributed by atoms with E-state index >= 15 is 0 Å². The standard InChI is InChI=1S/C22H24N4O2.C2H6/c27-22(26-12-4-11-23-26)25-15-13-24(14-16-25)17-19-7-9-21(10-8-19)28-18-20-5-2-1-3-6-20;1-2/h1-12H,13-18H2;1-2H3. The van der Waals surface area contributed by atoms with E-state index in [1.165, 1.54) is 10.2 Å². The lowest BCUT2D eigenvalue weighted by molar-refractivity contribution is 0.134. The highest BCUT2D eigenvalue weighted by atomic mass is 16.5. The van der Waals surface area contributed by atoms with Gasteiger partial charge in [0, 0.05) is 45.1 Å². The van der Waals surface area contributed by atoms with E-state index in [1.807, 2.05) is 49.1 Å². The predicted molar refractivity (Wildman–Crippen MR) is 118 cm³/mol. The maximum absolute atomic E-state index is 12.3. The Morgan fingerprint density at radius 2 is 1.60 bits per heavy atom. The van der Waals surface area contributed by atoms with Crippen LogP contribution in [-0.4, -0.2) is 51.8 Å². The first-order valence-corrected chi connectivity index (χ1v) is 10.5. The number of aromatic nitrogens is 2. The Bertz CT molecular complexity index is 871. The van der Waals surface area contributed by atoms with Gasteiger partial charge in [0.2, 0.25) is 0 Å². The highest BCUT2D eigenvalue weighted by molar-refractivity contribution is 5.75. The zero-order valence-corrected chi connectivity index (χ0v) is 17.8. The third kappa shape index (κ3) is 5.94. The number of carbonyl (C=O) groups is 1. The number of nitrogens with zero attached hydrogens (tertiary/aromatic N) is 4. The van der Waals surface area contributed by atoms with Crippen LogP contribution in [0.4, 0.5) is 4.79 Å². The third-order valence-corrected chi connectivity index (χ3v) is 4.92. The van der Waals surface area contributed by atoms with E-state index in [2.05, 4.69) is 34.3 Å². The first-order valence-electron chi connectivity index (χ1n) is 10.5. The number of benzene rings is 2. The van der Waals surface area contributed by atoms with E-state index in [1.54, 1.807) is 18.5 Å². The molecule has 0 atom stereocenters. The van der Waals surface area contributed by atoms with Crippen molar-refractivity contribution in [3.8, 4) is 5.75 Å². The molecule has 1 fully saturated rings. The molecule has 0 saturated carbocycles. The van der Waals surface area contributed by atoms with E-state index in [0.717, 1.165) is 44.0 Å². The summed E-state index contributed by atoms with van der Waals surface area (Å²) in [6.45, 7) is 8.61. The Morgan fingerprint density at radius 1 is 0.900 bits per heavy atom. The van der Waals surface area contributed by atoms with Crippen molar-refractivity contribution in [2.24, 2.45) is 0 Å². The van der Waals surface area contributed by atoms with Crippen molar-refractivity contribution in [1.29, 1.82) is 0 Å². The molecule has 1 aromatic heterocycles. The van der Waals surface area contributed by atoms with Gasteiger partial charge in [-0.1, -0.05) is 56.3 Å². The molecule has 2 heterocycles. The minimum Gasteiger partial charge on any atom is -0.489 e. The number of ether oxygens (including phenoxy) is 1. The molecule has 0 bridgehead atoms. The Kier molecular flexibility index (Phi) is 8.03. The maximum Gasteiger partial charge on any atom is 0.344 e. The number of amides is 1. The van der Waals surface area contributed by atoms with Crippen LogP contribution in [0, 0.1) is 0 Å². The Hall–Kier alpha value is -3.12. The van der Waals surface area contributed by atoms with Crippen LogP contribution in [0.1, 0.15) is 25.0 Å². The maximum atomic E-state index is 12.3.